The maximum atomic E-state index is 11.2. The van der Waals surface area contributed by atoms with Gasteiger partial charge in [-0.3, -0.25) is 14.5 Å². The molecule has 1 N–H and O–H groups in total. The minimum atomic E-state index is -0.839. The fraction of sp³-hybridized carbons (Fsp3) is 0.467. The second-order valence-electron chi connectivity index (χ2n) is 4.73. The molecule has 0 aromatic heterocycles. The summed E-state index contributed by atoms with van der Waals surface area (Å²) < 4.78 is 4.63. The summed E-state index contributed by atoms with van der Waals surface area (Å²) in [5.41, 5.74) is 1.09. The van der Waals surface area contributed by atoms with Gasteiger partial charge in [0.15, 0.2) is 0 Å². The minimum Gasteiger partial charge on any atom is -0.481 e. The van der Waals surface area contributed by atoms with Gasteiger partial charge in [-0.1, -0.05) is 30.3 Å². The first-order chi connectivity index (χ1) is 9.52. The fourth-order valence-electron chi connectivity index (χ4n) is 1.99. The molecule has 0 amide bonds. The number of nitrogens with zero attached hydrogens (tertiary/aromatic N) is 1. The molecule has 5 nitrogen and oxygen atoms in total. The Kier molecular flexibility index (Phi) is 6.73. The standard InChI is InChI=1S/C15H21NO4/c1-12(10-14(17)18)16(9-8-15(19)20-2)11-13-6-4-3-5-7-13/h3-7,12H,8-11H2,1-2H3,(H,17,18)/t12-/m1/s1. The predicted molar refractivity (Wildman–Crippen MR) is 75.2 cm³/mol. The molecule has 0 saturated heterocycles. The van der Waals surface area contributed by atoms with Crippen molar-refractivity contribution in [3.63, 3.8) is 0 Å². The Labute approximate surface area is 119 Å². The third kappa shape index (κ3) is 5.84. The highest BCUT2D eigenvalue weighted by Crippen LogP contribution is 2.11. The second kappa shape index (κ2) is 8.32. The molecule has 110 valence electrons. The van der Waals surface area contributed by atoms with Gasteiger partial charge in [-0.15, -0.1) is 0 Å². The fourth-order valence-corrected chi connectivity index (χ4v) is 1.99. The van der Waals surface area contributed by atoms with Gasteiger partial charge >= 0.3 is 11.9 Å². The van der Waals surface area contributed by atoms with Crippen LogP contribution in [0.3, 0.4) is 0 Å². The molecule has 0 fully saturated rings. The molecule has 0 aliphatic carbocycles. The summed E-state index contributed by atoms with van der Waals surface area (Å²) in [7, 11) is 1.35. The van der Waals surface area contributed by atoms with E-state index in [2.05, 4.69) is 4.74 Å². The number of rotatable bonds is 8. The normalized spacial score (nSPS) is 12.2. The van der Waals surface area contributed by atoms with E-state index in [0.29, 0.717) is 13.1 Å². The molecule has 5 heteroatoms. The number of carboxylic acids is 1. The van der Waals surface area contributed by atoms with Crippen LogP contribution in [0.5, 0.6) is 0 Å². The van der Waals surface area contributed by atoms with Crippen LogP contribution >= 0.6 is 0 Å². The van der Waals surface area contributed by atoms with Gasteiger partial charge in [-0.2, -0.15) is 0 Å². The summed E-state index contributed by atoms with van der Waals surface area (Å²) in [5.74, 6) is -1.13. The minimum absolute atomic E-state index is 0.0496. The van der Waals surface area contributed by atoms with Crippen molar-refractivity contribution in [3.05, 3.63) is 35.9 Å². The molecule has 1 aromatic rings. The summed E-state index contributed by atoms with van der Waals surface area (Å²) in [6.45, 7) is 2.95. The first-order valence-corrected chi connectivity index (χ1v) is 6.59. The average Bonchev–Trinajstić information content (AvgIpc) is 2.43. The van der Waals surface area contributed by atoms with Crippen molar-refractivity contribution in [2.45, 2.75) is 32.4 Å². The highest BCUT2D eigenvalue weighted by Gasteiger charge is 2.18. The van der Waals surface area contributed by atoms with Crippen molar-refractivity contribution < 1.29 is 19.4 Å². The molecule has 0 saturated carbocycles. The van der Waals surface area contributed by atoms with Gasteiger partial charge in [0.25, 0.3) is 0 Å². The van der Waals surface area contributed by atoms with Gasteiger partial charge in [0.1, 0.15) is 0 Å². The van der Waals surface area contributed by atoms with Crippen LogP contribution in [0.2, 0.25) is 0 Å². The number of carboxylic acid groups (broad SMARTS) is 1. The Bertz CT molecular complexity index is 433. The number of ether oxygens (including phenoxy) is 1. The summed E-state index contributed by atoms with van der Waals surface area (Å²) in [6.07, 6.45) is 0.307. The van der Waals surface area contributed by atoms with E-state index in [1.165, 1.54) is 7.11 Å². The lowest BCUT2D eigenvalue weighted by molar-refractivity contribution is -0.141. The molecule has 20 heavy (non-hydrogen) atoms. The van der Waals surface area contributed by atoms with Crippen LogP contribution in [0.4, 0.5) is 0 Å². The lowest BCUT2D eigenvalue weighted by atomic mass is 10.1. The Balaban J connectivity index is 2.67. The van der Waals surface area contributed by atoms with E-state index in [9.17, 15) is 9.59 Å². The molecule has 0 bridgehead atoms. The average molecular weight is 279 g/mol. The number of hydrogen-bond donors (Lipinski definition) is 1. The molecule has 0 aliphatic heterocycles. The van der Waals surface area contributed by atoms with Crippen LogP contribution in [0.25, 0.3) is 0 Å². The highest BCUT2D eigenvalue weighted by molar-refractivity contribution is 5.69. The van der Waals surface area contributed by atoms with Crippen LogP contribution in [-0.2, 0) is 20.9 Å². The third-order valence-electron chi connectivity index (χ3n) is 3.15. The van der Waals surface area contributed by atoms with Crippen LogP contribution in [0.15, 0.2) is 30.3 Å². The zero-order valence-electron chi connectivity index (χ0n) is 11.9. The van der Waals surface area contributed by atoms with Gasteiger partial charge < -0.3 is 9.84 Å². The Hall–Kier alpha value is -1.88. The van der Waals surface area contributed by atoms with E-state index in [1.54, 1.807) is 0 Å². The molecule has 1 rings (SSSR count). The number of carbonyl (C=O) groups excluding carboxylic acids is 1. The molecule has 0 aliphatic rings. The van der Waals surface area contributed by atoms with Crippen LogP contribution in [0, 0.1) is 0 Å². The van der Waals surface area contributed by atoms with Crippen molar-refractivity contribution in [2.75, 3.05) is 13.7 Å². The van der Waals surface area contributed by atoms with Gasteiger partial charge in [-0.25, -0.2) is 0 Å². The molecule has 0 unspecified atom stereocenters. The number of methoxy groups -OCH3 is 1. The number of hydrogen-bond acceptors (Lipinski definition) is 4. The highest BCUT2D eigenvalue weighted by atomic mass is 16.5. The molecule has 0 heterocycles. The third-order valence-corrected chi connectivity index (χ3v) is 3.15. The predicted octanol–water partition coefficient (Wildman–Crippen LogP) is 1.91. The van der Waals surface area contributed by atoms with Crippen LogP contribution in [0.1, 0.15) is 25.3 Å². The lowest BCUT2D eigenvalue weighted by Gasteiger charge is -2.27. The number of benzene rings is 1. The van der Waals surface area contributed by atoms with Gasteiger partial charge in [-0.05, 0) is 12.5 Å². The van der Waals surface area contributed by atoms with E-state index >= 15 is 0 Å². The first kappa shape index (κ1) is 16.2. The second-order valence-corrected chi connectivity index (χ2v) is 4.73. The summed E-state index contributed by atoms with van der Waals surface area (Å²) in [5, 5.41) is 8.90. The quantitative estimate of drug-likeness (QED) is 0.736. The lowest BCUT2D eigenvalue weighted by Crippen LogP contribution is -2.36. The Morgan fingerprint density at radius 2 is 1.95 bits per heavy atom. The Morgan fingerprint density at radius 3 is 2.50 bits per heavy atom. The zero-order valence-corrected chi connectivity index (χ0v) is 11.9. The summed E-state index contributed by atoms with van der Waals surface area (Å²) >= 11 is 0. The van der Waals surface area contributed by atoms with E-state index in [4.69, 9.17) is 5.11 Å². The number of carbonyl (C=O) groups is 2. The summed E-state index contributed by atoms with van der Waals surface area (Å²) in [4.78, 5) is 24.1. The molecule has 1 aromatic carbocycles. The molecular formula is C15H21NO4. The van der Waals surface area contributed by atoms with Crippen molar-refractivity contribution in [1.82, 2.24) is 4.90 Å². The first-order valence-electron chi connectivity index (χ1n) is 6.59. The monoisotopic (exact) mass is 279 g/mol. The Morgan fingerprint density at radius 1 is 1.30 bits per heavy atom. The van der Waals surface area contributed by atoms with E-state index in [0.717, 1.165) is 5.56 Å². The van der Waals surface area contributed by atoms with E-state index in [-0.39, 0.29) is 24.9 Å². The maximum Gasteiger partial charge on any atom is 0.306 e. The number of esters is 1. The van der Waals surface area contributed by atoms with Crippen molar-refractivity contribution in [2.24, 2.45) is 0 Å². The molecular weight excluding hydrogens is 258 g/mol. The molecule has 0 spiro atoms. The van der Waals surface area contributed by atoms with Crippen molar-refractivity contribution >= 4 is 11.9 Å². The van der Waals surface area contributed by atoms with Crippen LogP contribution < -0.4 is 0 Å². The van der Waals surface area contributed by atoms with Gasteiger partial charge in [0, 0.05) is 19.1 Å². The largest absolute Gasteiger partial charge is 0.481 e. The van der Waals surface area contributed by atoms with Crippen molar-refractivity contribution in [3.8, 4) is 0 Å². The topological polar surface area (TPSA) is 66.8 Å². The van der Waals surface area contributed by atoms with Gasteiger partial charge in [0.2, 0.25) is 0 Å². The smallest absolute Gasteiger partial charge is 0.306 e. The SMILES string of the molecule is COC(=O)CCN(Cc1ccccc1)[C@H](C)CC(=O)O. The molecule has 1 atom stereocenters. The van der Waals surface area contributed by atoms with E-state index < -0.39 is 5.97 Å². The van der Waals surface area contributed by atoms with Crippen molar-refractivity contribution in [1.29, 1.82) is 0 Å². The maximum absolute atomic E-state index is 11.2. The van der Waals surface area contributed by atoms with Gasteiger partial charge in [0.05, 0.1) is 20.0 Å². The number of aliphatic carboxylic acids is 1. The summed E-state index contributed by atoms with van der Waals surface area (Å²) in [6, 6.07) is 9.64. The van der Waals surface area contributed by atoms with Crippen LogP contribution in [-0.4, -0.2) is 41.6 Å². The van der Waals surface area contributed by atoms with E-state index in [1.807, 2.05) is 42.2 Å². The molecule has 0 radical (unpaired) electrons. The zero-order chi connectivity index (χ0) is 15.0.